The van der Waals surface area contributed by atoms with Crippen molar-refractivity contribution in [1.29, 1.82) is 0 Å². The molecule has 112 valence electrons. The Morgan fingerprint density at radius 1 is 1.23 bits per heavy atom. The molecule has 0 radical (unpaired) electrons. The van der Waals surface area contributed by atoms with Crippen LogP contribution < -0.4 is 0 Å². The smallest absolute Gasteiger partial charge is 0.307 e. The van der Waals surface area contributed by atoms with Crippen LogP contribution in [0.4, 0.5) is 0 Å². The van der Waals surface area contributed by atoms with E-state index in [4.69, 9.17) is 16.7 Å². The highest BCUT2D eigenvalue weighted by atomic mass is 35.5. The molecule has 7 heteroatoms. The van der Waals surface area contributed by atoms with Gasteiger partial charge in [-0.05, 0) is 42.3 Å². The van der Waals surface area contributed by atoms with Gasteiger partial charge in [-0.3, -0.25) is 4.79 Å². The number of phenols is 1. The first kappa shape index (κ1) is 14.3. The normalized spacial score (nSPS) is 11.0. The average Bonchev–Trinajstić information content (AvgIpc) is 2.84. The number of aliphatic carboxylic acids is 1. The predicted molar refractivity (Wildman–Crippen MR) is 81.6 cm³/mol. The zero-order valence-electron chi connectivity index (χ0n) is 11.6. The van der Waals surface area contributed by atoms with Crippen LogP contribution in [-0.2, 0) is 11.2 Å². The van der Waals surface area contributed by atoms with E-state index >= 15 is 0 Å². The van der Waals surface area contributed by atoms with Crippen LogP contribution in [0.25, 0.3) is 16.7 Å². The summed E-state index contributed by atoms with van der Waals surface area (Å²) in [6, 6.07) is 8.30. The minimum atomic E-state index is -0.943. The number of halogens is 1. The van der Waals surface area contributed by atoms with Crippen LogP contribution in [0, 0.1) is 6.92 Å². The lowest BCUT2D eigenvalue weighted by atomic mass is 10.1. The highest BCUT2D eigenvalue weighted by molar-refractivity contribution is 6.31. The highest BCUT2D eigenvalue weighted by Crippen LogP contribution is 2.28. The summed E-state index contributed by atoms with van der Waals surface area (Å²) >= 11 is 5.92. The van der Waals surface area contributed by atoms with E-state index in [2.05, 4.69) is 10.2 Å². The first-order chi connectivity index (χ1) is 10.4. The predicted octanol–water partition coefficient (Wildman–Crippen LogP) is 2.72. The molecule has 0 fully saturated rings. The molecule has 0 saturated carbocycles. The fraction of sp³-hybridized carbons (Fsp3) is 0.133. The number of carbonyl (C=O) groups is 1. The number of aromatic hydroxyl groups is 1. The summed E-state index contributed by atoms with van der Waals surface area (Å²) in [6.07, 6.45) is -0.138. The van der Waals surface area contributed by atoms with E-state index < -0.39 is 5.97 Å². The van der Waals surface area contributed by atoms with Gasteiger partial charge in [0.2, 0.25) is 0 Å². The lowest BCUT2D eigenvalue weighted by Gasteiger charge is -2.08. The number of nitrogens with zero attached hydrogens (tertiary/aromatic N) is 3. The molecule has 0 unspecified atom stereocenters. The van der Waals surface area contributed by atoms with E-state index in [1.54, 1.807) is 37.3 Å². The van der Waals surface area contributed by atoms with Crippen molar-refractivity contribution in [1.82, 2.24) is 15.0 Å². The van der Waals surface area contributed by atoms with Gasteiger partial charge < -0.3 is 10.2 Å². The zero-order valence-corrected chi connectivity index (χ0v) is 12.4. The Morgan fingerprint density at radius 3 is 2.68 bits per heavy atom. The van der Waals surface area contributed by atoms with Gasteiger partial charge in [-0.15, -0.1) is 15.0 Å². The Morgan fingerprint density at radius 2 is 1.95 bits per heavy atom. The molecule has 3 aromatic rings. The quantitative estimate of drug-likeness (QED) is 0.775. The summed E-state index contributed by atoms with van der Waals surface area (Å²) in [5, 5.41) is 28.2. The van der Waals surface area contributed by atoms with Crippen LogP contribution in [0.2, 0.25) is 5.02 Å². The maximum absolute atomic E-state index is 10.9. The number of benzene rings is 2. The fourth-order valence-corrected chi connectivity index (χ4v) is 2.43. The summed E-state index contributed by atoms with van der Waals surface area (Å²) in [7, 11) is 0. The van der Waals surface area contributed by atoms with Crippen LogP contribution >= 0.6 is 11.6 Å². The van der Waals surface area contributed by atoms with Gasteiger partial charge in [0.05, 0.1) is 6.42 Å². The van der Waals surface area contributed by atoms with Crippen LogP contribution in [0.15, 0.2) is 30.3 Å². The number of rotatable bonds is 3. The minimum absolute atomic E-state index is 0.0144. The Balaban J connectivity index is 2.16. The Hall–Kier alpha value is -2.60. The zero-order chi connectivity index (χ0) is 15.9. The number of fused-ring (bicyclic) bond motifs is 1. The summed E-state index contributed by atoms with van der Waals surface area (Å²) in [4.78, 5) is 12.2. The topological polar surface area (TPSA) is 88.2 Å². The molecular formula is C15H12ClN3O3. The van der Waals surface area contributed by atoms with E-state index in [0.29, 0.717) is 32.9 Å². The van der Waals surface area contributed by atoms with Gasteiger partial charge in [0, 0.05) is 5.02 Å². The first-order valence-electron chi connectivity index (χ1n) is 6.51. The van der Waals surface area contributed by atoms with Crippen LogP contribution in [0.1, 0.15) is 11.1 Å². The third kappa shape index (κ3) is 2.60. The minimum Gasteiger partial charge on any atom is -0.505 e. The second-order valence-corrected chi connectivity index (χ2v) is 5.41. The van der Waals surface area contributed by atoms with Crippen molar-refractivity contribution >= 4 is 28.6 Å². The molecule has 2 aromatic carbocycles. The van der Waals surface area contributed by atoms with Crippen molar-refractivity contribution < 1.29 is 15.0 Å². The maximum Gasteiger partial charge on any atom is 0.307 e. The Labute approximate surface area is 130 Å². The van der Waals surface area contributed by atoms with Crippen LogP contribution in [-0.4, -0.2) is 31.2 Å². The average molecular weight is 318 g/mol. The van der Waals surface area contributed by atoms with Crippen molar-refractivity contribution in [3.05, 3.63) is 46.5 Å². The third-order valence-electron chi connectivity index (χ3n) is 3.25. The van der Waals surface area contributed by atoms with Crippen molar-refractivity contribution in [2.75, 3.05) is 0 Å². The second kappa shape index (κ2) is 5.31. The third-order valence-corrected chi connectivity index (χ3v) is 3.49. The monoisotopic (exact) mass is 317 g/mol. The van der Waals surface area contributed by atoms with E-state index in [1.165, 1.54) is 4.80 Å². The van der Waals surface area contributed by atoms with E-state index in [1.807, 2.05) is 0 Å². The van der Waals surface area contributed by atoms with E-state index in [0.717, 1.165) is 0 Å². The van der Waals surface area contributed by atoms with Crippen LogP contribution in [0.3, 0.4) is 0 Å². The molecule has 0 aliphatic rings. The summed E-state index contributed by atoms with van der Waals surface area (Å²) in [6.45, 7) is 1.70. The van der Waals surface area contributed by atoms with Gasteiger partial charge in [0.25, 0.3) is 0 Å². The standard InChI is InChI=1S/C15H12ClN3O3/c1-8-4-9(6-14(20)21)5-13(15(8)22)19-17-11-3-2-10(16)7-12(11)18-19/h2-5,7,22H,6H2,1H3,(H,20,21). The molecule has 6 nitrogen and oxygen atoms in total. The van der Waals surface area contributed by atoms with Gasteiger partial charge in [-0.25, -0.2) is 0 Å². The van der Waals surface area contributed by atoms with Gasteiger partial charge in [-0.2, -0.15) is 0 Å². The molecule has 0 bridgehead atoms. The lowest BCUT2D eigenvalue weighted by Crippen LogP contribution is -2.05. The van der Waals surface area contributed by atoms with Gasteiger partial charge in [-0.1, -0.05) is 17.7 Å². The summed E-state index contributed by atoms with van der Waals surface area (Å²) < 4.78 is 0. The number of aryl methyl sites for hydroxylation is 1. The molecule has 0 aliphatic heterocycles. The molecule has 0 saturated heterocycles. The molecule has 1 aromatic heterocycles. The molecule has 0 amide bonds. The number of phenolic OH excluding ortho intramolecular Hbond substituents is 1. The van der Waals surface area contributed by atoms with Gasteiger partial charge in [0.1, 0.15) is 22.5 Å². The number of carboxylic acids is 1. The lowest BCUT2D eigenvalue weighted by molar-refractivity contribution is -0.136. The molecule has 3 rings (SSSR count). The number of hydrogen-bond donors (Lipinski definition) is 2. The largest absolute Gasteiger partial charge is 0.505 e. The molecular weight excluding hydrogens is 306 g/mol. The second-order valence-electron chi connectivity index (χ2n) is 4.97. The maximum atomic E-state index is 10.9. The van der Waals surface area contributed by atoms with Crippen LogP contribution in [0.5, 0.6) is 5.75 Å². The fourth-order valence-electron chi connectivity index (χ4n) is 2.26. The van der Waals surface area contributed by atoms with Crippen molar-refractivity contribution in [3.63, 3.8) is 0 Å². The number of carboxylic acid groups (broad SMARTS) is 1. The molecule has 22 heavy (non-hydrogen) atoms. The Kier molecular flexibility index (Phi) is 3.46. The van der Waals surface area contributed by atoms with Crippen molar-refractivity contribution in [2.24, 2.45) is 0 Å². The van der Waals surface area contributed by atoms with E-state index in [9.17, 15) is 9.90 Å². The number of hydrogen-bond acceptors (Lipinski definition) is 4. The first-order valence-corrected chi connectivity index (χ1v) is 6.89. The molecule has 0 atom stereocenters. The highest BCUT2D eigenvalue weighted by Gasteiger charge is 2.14. The van der Waals surface area contributed by atoms with Crippen molar-refractivity contribution in [2.45, 2.75) is 13.3 Å². The van der Waals surface area contributed by atoms with Gasteiger partial charge >= 0.3 is 5.97 Å². The van der Waals surface area contributed by atoms with E-state index in [-0.39, 0.29) is 12.2 Å². The molecule has 2 N–H and O–H groups in total. The molecule has 0 spiro atoms. The molecule has 1 heterocycles. The number of aromatic nitrogens is 3. The van der Waals surface area contributed by atoms with Crippen molar-refractivity contribution in [3.8, 4) is 11.4 Å². The van der Waals surface area contributed by atoms with Gasteiger partial charge in [0.15, 0.2) is 0 Å². The summed E-state index contributed by atoms with van der Waals surface area (Å²) in [5.41, 5.74) is 2.69. The SMILES string of the molecule is Cc1cc(CC(=O)O)cc(-n2nc3ccc(Cl)cc3n2)c1O. The Bertz CT molecular complexity index is 889. The summed E-state index contributed by atoms with van der Waals surface area (Å²) in [5.74, 6) is -0.929. The molecule has 0 aliphatic carbocycles.